The van der Waals surface area contributed by atoms with Crippen molar-refractivity contribution in [2.45, 2.75) is 39.3 Å². The quantitative estimate of drug-likeness (QED) is 0.514. The predicted molar refractivity (Wildman–Crippen MR) is 88.9 cm³/mol. The second kappa shape index (κ2) is 7.02. The number of hydrogen-bond donors (Lipinski definition) is 1. The van der Waals surface area contributed by atoms with Gasteiger partial charge >= 0.3 is 5.97 Å². The Balaban J connectivity index is 1.87. The number of aliphatic imine (C=N–C) groups is 1. The smallest absolute Gasteiger partial charge is 0.311 e. The summed E-state index contributed by atoms with van der Waals surface area (Å²) in [6.07, 6.45) is 4.59. The average Bonchev–Trinajstić information content (AvgIpc) is 3.07. The zero-order chi connectivity index (χ0) is 17.0. The van der Waals surface area contributed by atoms with Gasteiger partial charge in [-0.1, -0.05) is 0 Å². The van der Waals surface area contributed by atoms with Crippen molar-refractivity contribution in [1.29, 1.82) is 0 Å². The number of aryl methyl sites for hydroxylation is 1. The highest BCUT2D eigenvalue weighted by molar-refractivity contribution is 5.82. The van der Waals surface area contributed by atoms with Crippen LogP contribution in [0, 0.1) is 5.92 Å². The molecule has 23 heavy (non-hydrogen) atoms. The molecule has 0 amide bonds. The van der Waals surface area contributed by atoms with E-state index >= 15 is 0 Å². The van der Waals surface area contributed by atoms with Crippen molar-refractivity contribution in [2.24, 2.45) is 18.0 Å². The maximum atomic E-state index is 12.2. The van der Waals surface area contributed by atoms with E-state index in [9.17, 15) is 4.79 Å². The van der Waals surface area contributed by atoms with Crippen molar-refractivity contribution >= 4 is 11.9 Å². The molecule has 0 radical (unpaired) electrons. The number of carbonyl (C=O) groups is 1. The Bertz CT molecular complexity index is 573. The number of ether oxygens (including phenoxy) is 1. The number of esters is 1. The maximum absolute atomic E-state index is 12.2. The van der Waals surface area contributed by atoms with Gasteiger partial charge in [-0.05, 0) is 27.2 Å². The van der Waals surface area contributed by atoms with Gasteiger partial charge in [0.1, 0.15) is 5.60 Å². The van der Waals surface area contributed by atoms with Gasteiger partial charge in [0.2, 0.25) is 0 Å². The van der Waals surface area contributed by atoms with E-state index in [0.717, 1.165) is 24.5 Å². The molecule has 1 unspecified atom stereocenters. The van der Waals surface area contributed by atoms with E-state index in [1.807, 2.05) is 40.2 Å². The van der Waals surface area contributed by atoms with E-state index in [1.54, 1.807) is 11.7 Å². The number of guanidine groups is 1. The summed E-state index contributed by atoms with van der Waals surface area (Å²) in [6.45, 7) is 7.79. The Morgan fingerprint density at radius 2 is 2.26 bits per heavy atom. The Hall–Kier alpha value is -2.05. The molecule has 0 aliphatic carbocycles. The van der Waals surface area contributed by atoms with E-state index in [1.165, 1.54) is 0 Å². The summed E-state index contributed by atoms with van der Waals surface area (Å²) in [5, 5.41) is 7.47. The van der Waals surface area contributed by atoms with Crippen LogP contribution in [0.15, 0.2) is 17.4 Å². The van der Waals surface area contributed by atoms with E-state index in [4.69, 9.17) is 4.74 Å². The Labute approximate surface area is 137 Å². The molecule has 1 N–H and O–H groups in total. The molecule has 1 atom stereocenters. The minimum atomic E-state index is -0.440. The maximum Gasteiger partial charge on any atom is 0.311 e. The molecule has 1 saturated heterocycles. The average molecular weight is 321 g/mol. The molecule has 1 aromatic rings. The van der Waals surface area contributed by atoms with Gasteiger partial charge in [0.25, 0.3) is 0 Å². The fraction of sp³-hybridized carbons (Fsp3) is 0.688. The van der Waals surface area contributed by atoms with Crippen LogP contribution in [0.4, 0.5) is 0 Å². The van der Waals surface area contributed by atoms with Gasteiger partial charge in [0.15, 0.2) is 5.96 Å². The molecular formula is C16H27N5O2. The first-order valence-electron chi connectivity index (χ1n) is 7.94. The van der Waals surface area contributed by atoms with Gasteiger partial charge in [-0.25, -0.2) is 0 Å². The number of hydrogen-bond acceptors (Lipinski definition) is 4. The van der Waals surface area contributed by atoms with Crippen molar-refractivity contribution in [2.75, 3.05) is 20.1 Å². The molecule has 0 aromatic carbocycles. The molecule has 1 fully saturated rings. The summed E-state index contributed by atoms with van der Waals surface area (Å²) >= 11 is 0. The third-order valence-corrected chi connectivity index (χ3v) is 3.65. The van der Waals surface area contributed by atoms with Crippen LogP contribution in [-0.2, 0) is 23.1 Å². The molecule has 7 nitrogen and oxygen atoms in total. The second-order valence-electron chi connectivity index (χ2n) is 6.89. The molecule has 2 heterocycles. The number of rotatable bonds is 3. The molecule has 128 valence electrons. The monoisotopic (exact) mass is 321 g/mol. The molecule has 7 heteroatoms. The van der Waals surface area contributed by atoms with Gasteiger partial charge in [-0.15, -0.1) is 0 Å². The fourth-order valence-corrected chi connectivity index (χ4v) is 2.61. The van der Waals surface area contributed by atoms with Crippen LogP contribution in [0.25, 0.3) is 0 Å². The normalized spacial score (nSPS) is 19.1. The van der Waals surface area contributed by atoms with Crippen LogP contribution in [0.5, 0.6) is 0 Å². The fourth-order valence-electron chi connectivity index (χ4n) is 2.61. The SMILES string of the molecule is CN=C(NCc1cnn(C)c1)N1CCC(C(=O)OC(C)(C)C)C1. The van der Waals surface area contributed by atoms with Crippen LogP contribution in [-0.4, -0.2) is 52.3 Å². The molecule has 2 rings (SSSR count). The minimum Gasteiger partial charge on any atom is -0.460 e. The topological polar surface area (TPSA) is 71.8 Å². The standard InChI is InChI=1S/C16H27N5O2/c1-16(2,3)23-14(22)13-6-7-21(11-13)15(17-4)18-8-12-9-19-20(5)10-12/h9-10,13H,6-8,11H2,1-5H3,(H,17,18). The van der Waals surface area contributed by atoms with Gasteiger partial charge in [0.05, 0.1) is 12.1 Å². The first-order chi connectivity index (χ1) is 10.8. The summed E-state index contributed by atoms with van der Waals surface area (Å²) in [6, 6.07) is 0. The Kier molecular flexibility index (Phi) is 5.28. The molecule has 0 bridgehead atoms. The van der Waals surface area contributed by atoms with Crippen LogP contribution < -0.4 is 5.32 Å². The lowest BCUT2D eigenvalue weighted by atomic mass is 10.1. The first-order valence-corrected chi connectivity index (χ1v) is 7.94. The van der Waals surface area contributed by atoms with Crippen molar-refractivity contribution in [3.8, 4) is 0 Å². The lowest BCUT2D eigenvalue weighted by Gasteiger charge is -2.23. The van der Waals surface area contributed by atoms with Gasteiger partial charge < -0.3 is 15.0 Å². The van der Waals surface area contributed by atoms with Crippen molar-refractivity contribution < 1.29 is 9.53 Å². The van der Waals surface area contributed by atoms with E-state index in [-0.39, 0.29) is 11.9 Å². The third-order valence-electron chi connectivity index (χ3n) is 3.65. The van der Waals surface area contributed by atoms with Gasteiger partial charge in [0, 0.05) is 45.5 Å². The molecule has 0 saturated carbocycles. The van der Waals surface area contributed by atoms with Crippen LogP contribution in [0.3, 0.4) is 0 Å². The van der Waals surface area contributed by atoms with E-state index in [2.05, 4.69) is 20.3 Å². The number of nitrogens with one attached hydrogen (secondary N) is 1. The summed E-state index contributed by atoms with van der Waals surface area (Å²) in [5.74, 6) is 0.591. The number of nitrogens with zero attached hydrogens (tertiary/aromatic N) is 4. The highest BCUT2D eigenvalue weighted by Crippen LogP contribution is 2.20. The lowest BCUT2D eigenvalue weighted by Crippen LogP contribution is -2.40. The highest BCUT2D eigenvalue weighted by Gasteiger charge is 2.33. The van der Waals surface area contributed by atoms with Gasteiger partial charge in [-0.3, -0.25) is 14.5 Å². The second-order valence-corrected chi connectivity index (χ2v) is 6.89. The zero-order valence-corrected chi connectivity index (χ0v) is 14.7. The van der Waals surface area contributed by atoms with E-state index < -0.39 is 5.60 Å². The molecular weight excluding hydrogens is 294 g/mol. The Morgan fingerprint density at radius 3 is 2.83 bits per heavy atom. The summed E-state index contributed by atoms with van der Waals surface area (Å²) < 4.78 is 7.25. The molecule has 1 aromatic heterocycles. The zero-order valence-electron chi connectivity index (χ0n) is 14.7. The van der Waals surface area contributed by atoms with E-state index in [0.29, 0.717) is 13.1 Å². The van der Waals surface area contributed by atoms with Crippen molar-refractivity contribution in [3.05, 3.63) is 18.0 Å². The minimum absolute atomic E-state index is 0.0915. The third kappa shape index (κ3) is 4.97. The molecule has 0 spiro atoms. The van der Waals surface area contributed by atoms with Crippen molar-refractivity contribution in [1.82, 2.24) is 20.0 Å². The predicted octanol–water partition coefficient (Wildman–Crippen LogP) is 1.16. The Morgan fingerprint density at radius 1 is 1.52 bits per heavy atom. The lowest BCUT2D eigenvalue weighted by molar-refractivity contribution is -0.159. The first kappa shape index (κ1) is 17.3. The highest BCUT2D eigenvalue weighted by atomic mass is 16.6. The summed E-state index contributed by atoms with van der Waals surface area (Å²) in [7, 11) is 3.65. The number of aromatic nitrogens is 2. The number of likely N-dealkylation sites (tertiary alicyclic amines) is 1. The number of carbonyl (C=O) groups excluding carboxylic acids is 1. The molecule has 1 aliphatic heterocycles. The summed E-state index contributed by atoms with van der Waals surface area (Å²) in [4.78, 5) is 18.6. The largest absolute Gasteiger partial charge is 0.460 e. The van der Waals surface area contributed by atoms with Crippen molar-refractivity contribution in [3.63, 3.8) is 0 Å². The van der Waals surface area contributed by atoms with Gasteiger partial charge in [-0.2, -0.15) is 5.10 Å². The summed E-state index contributed by atoms with van der Waals surface area (Å²) in [5.41, 5.74) is 0.654. The molecule has 1 aliphatic rings. The van der Waals surface area contributed by atoms with Crippen LogP contribution in [0.1, 0.15) is 32.8 Å². The van der Waals surface area contributed by atoms with Crippen LogP contribution in [0.2, 0.25) is 0 Å². The van der Waals surface area contributed by atoms with Crippen LogP contribution >= 0.6 is 0 Å².